The average molecular weight is 391 g/mol. The topological polar surface area (TPSA) is 61.9 Å². The number of carbonyl (C=O) groups is 2. The average Bonchev–Trinajstić information content (AvgIpc) is 2.83. The maximum Gasteiger partial charge on any atom is 0.414 e. The Morgan fingerprint density at radius 2 is 2.26 bits per heavy atom. The first-order chi connectivity index (χ1) is 13.1. The van der Waals surface area contributed by atoms with E-state index < -0.39 is 18.0 Å². The molecule has 1 aromatic carbocycles. The zero-order valence-corrected chi connectivity index (χ0v) is 15.9. The summed E-state index contributed by atoms with van der Waals surface area (Å²) in [6, 6.07) is 4.66. The fourth-order valence-corrected chi connectivity index (χ4v) is 3.37. The molecule has 2 heterocycles. The Morgan fingerprint density at radius 1 is 1.41 bits per heavy atom. The van der Waals surface area contributed by atoms with Crippen molar-refractivity contribution in [1.29, 1.82) is 0 Å². The molecule has 0 unspecified atom stereocenters. The summed E-state index contributed by atoms with van der Waals surface area (Å²) >= 11 is 1.62. The van der Waals surface area contributed by atoms with E-state index >= 15 is 0 Å². The highest BCUT2D eigenvalue weighted by atomic mass is 32.2. The molecular weight excluding hydrogens is 369 g/mol. The minimum Gasteiger partial charge on any atom is -0.442 e. The highest BCUT2D eigenvalue weighted by Crippen LogP contribution is 2.29. The number of nitrogens with one attached hydrogen (secondary N) is 1. The van der Waals surface area contributed by atoms with E-state index in [1.54, 1.807) is 35.0 Å². The summed E-state index contributed by atoms with van der Waals surface area (Å²) in [6.07, 6.45) is 5.77. The predicted octanol–water partition coefficient (Wildman–Crippen LogP) is 3.61. The number of hydrogen-bond acceptors (Lipinski definition) is 5. The van der Waals surface area contributed by atoms with Crippen LogP contribution in [0.15, 0.2) is 42.1 Å². The van der Waals surface area contributed by atoms with Gasteiger partial charge < -0.3 is 15.0 Å². The number of benzene rings is 1. The lowest BCUT2D eigenvalue weighted by atomic mass is 10.2. The molecule has 0 saturated carbocycles. The molecule has 2 amide bonds. The molecular formula is C19H22FN3O3S. The van der Waals surface area contributed by atoms with E-state index in [1.165, 1.54) is 11.0 Å². The van der Waals surface area contributed by atoms with Crippen LogP contribution in [0.1, 0.15) is 19.8 Å². The van der Waals surface area contributed by atoms with E-state index in [0.717, 1.165) is 12.2 Å². The van der Waals surface area contributed by atoms with Crippen LogP contribution in [0.2, 0.25) is 0 Å². The largest absolute Gasteiger partial charge is 0.442 e. The first-order valence-electron chi connectivity index (χ1n) is 8.86. The summed E-state index contributed by atoms with van der Waals surface area (Å²) in [5.41, 5.74) is 0.838. The Kier molecular flexibility index (Phi) is 6.39. The molecule has 144 valence electrons. The number of ether oxygens (including phenoxy) is 1. The van der Waals surface area contributed by atoms with Crippen molar-refractivity contribution in [1.82, 2.24) is 5.32 Å². The van der Waals surface area contributed by atoms with Gasteiger partial charge in [0.2, 0.25) is 5.91 Å². The molecule has 2 aliphatic heterocycles. The third-order valence-electron chi connectivity index (χ3n) is 4.18. The number of hydrogen-bond donors (Lipinski definition) is 1. The van der Waals surface area contributed by atoms with E-state index in [1.807, 2.05) is 24.6 Å². The van der Waals surface area contributed by atoms with Crippen molar-refractivity contribution in [3.8, 4) is 0 Å². The third-order valence-corrected chi connectivity index (χ3v) is 4.87. The fraction of sp³-hybridized carbons (Fsp3) is 0.368. The molecule has 1 fully saturated rings. The van der Waals surface area contributed by atoms with E-state index in [-0.39, 0.29) is 19.0 Å². The van der Waals surface area contributed by atoms with Gasteiger partial charge in [-0.15, -0.1) is 11.8 Å². The van der Waals surface area contributed by atoms with Gasteiger partial charge in [-0.25, -0.2) is 9.18 Å². The number of nitrogens with zero attached hydrogens (tertiary/aromatic N) is 2. The summed E-state index contributed by atoms with van der Waals surface area (Å²) in [6.45, 7) is 2.44. The standard InChI is InChI=1S/C19H22FN3O3S/c1-2-4-18(24)21-12-15-13-23(19(25)26-15)14-5-6-17(16(20)11-14)22-7-3-9-27-10-8-22/h3,5-8,10-11,15H,2,4,9,12-13H2,1H3,(H,21,24)/t15-/m0/s1. The van der Waals surface area contributed by atoms with Crippen molar-refractivity contribution in [2.45, 2.75) is 25.9 Å². The van der Waals surface area contributed by atoms with Crippen LogP contribution < -0.4 is 15.1 Å². The van der Waals surface area contributed by atoms with E-state index in [9.17, 15) is 14.0 Å². The number of anilines is 2. The molecule has 1 N–H and O–H groups in total. The van der Waals surface area contributed by atoms with Crippen LogP contribution in [0.5, 0.6) is 0 Å². The number of carbonyl (C=O) groups excluding carboxylic acids is 2. The fourth-order valence-electron chi connectivity index (χ4n) is 2.84. The maximum absolute atomic E-state index is 14.6. The SMILES string of the molecule is CCCC(=O)NC[C@H]1CN(c2ccc(N3C=CCSC=C3)c(F)c2)C(=O)O1. The third kappa shape index (κ3) is 4.82. The Balaban J connectivity index is 1.67. The Morgan fingerprint density at radius 3 is 3.04 bits per heavy atom. The molecule has 0 radical (unpaired) electrons. The molecule has 0 aromatic heterocycles. The van der Waals surface area contributed by atoms with Crippen LogP contribution in [0, 0.1) is 5.82 Å². The maximum atomic E-state index is 14.6. The monoisotopic (exact) mass is 391 g/mol. The van der Waals surface area contributed by atoms with E-state index in [0.29, 0.717) is 17.8 Å². The molecule has 8 heteroatoms. The molecule has 0 bridgehead atoms. The number of thioether (sulfide) groups is 1. The van der Waals surface area contributed by atoms with Crippen molar-refractivity contribution in [3.05, 3.63) is 47.9 Å². The molecule has 0 aliphatic carbocycles. The van der Waals surface area contributed by atoms with Crippen molar-refractivity contribution in [2.75, 3.05) is 28.6 Å². The van der Waals surface area contributed by atoms with Crippen LogP contribution in [0.25, 0.3) is 0 Å². The van der Waals surface area contributed by atoms with Gasteiger partial charge in [0.1, 0.15) is 11.9 Å². The Bertz CT molecular complexity index is 755. The Labute approximate surface area is 162 Å². The van der Waals surface area contributed by atoms with Gasteiger partial charge in [-0.05, 0) is 30.0 Å². The molecule has 1 aromatic rings. The van der Waals surface area contributed by atoms with Crippen LogP contribution in [0.4, 0.5) is 20.6 Å². The van der Waals surface area contributed by atoms with Crippen LogP contribution in [-0.4, -0.2) is 36.9 Å². The lowest BCUT2D eigenvalue weighted by Gasteiger charge is -2.18. The summed E-state index contributed by atoms with van der Waals surface area (Å²) in [4.78, 5) is 26.8. The van der Waals surface area contributed by atoms with Gasteiger partial charge in [0.05, 0.1) is 24.5 Å². The second kappa shape index (κ2) is 8.94. The number of halogens is 1. The summed E-state index contributed by atoms with van der Waals surface area (Å²) in [5.74, 6) is 0.336. The van der Waals surface area contributed by atoms with Gasteiger partial charge in [-0.1, -0.05) is 13.0 Å². The van der Waals surface area contributed by atoms with Gasteiger partial charge in [0, 0.05) is 24.6 Å². The number of cyclic esters (lactones) is 1. The zero-order chi connectivity index (χ0) is 19.2. The number of rotatable bonds is 6. The molecule has 3 rings (SSSR count). The lowest BCUT2D eigenvalue weighted by molar-refractivity contribution is -0.121. The van der Waals surface area contributed by atoms with Crippen LogP contribution in [0.3, 0.4) is 0 Å². The van der Waals surface area contributed by atoms with Gasteiger partial charge in [0.25, 0.3) is 0 Å². The van der Waals surface area contributed by atoms with E-state index in [2.05, 4.69) is 5.32 Å². The van der Waals surface area contributed by atoms with Crippen molar-refractivity contribution >= 4 is 35.1 Å². The minimum atomic E-state index is -0.539. The first kappa shape index (κ1) is 19.3. The normalized spacial score (nSPS) is 19.2. The molecule has 6 nitrogen and oxygen atoms in total. The van der Waals surface area contributed by atoms with E-state index in [4.69, 9.17) is 4.74 Å². The highest BCUT2D eigenvalue weighted by molar-refractivity contribution is 8.02. The number of amides is 2. The Hall–Kier alpha value is -2.48. The molecule has 27 heavy (non-hydrogen) atoms. The molecule has 0 spiro atoms. The summed E-state index contributed by atoms with van der Waals surface area (Å²) < 4.78 is 19.9. The minimum absolute atomic E-state index is 0.0703. The van der Waals surface area contributed by atoms with Crippen molar-refractivity contribution in [3.63, 3.8) is 0 Å². The van der Waals surface area contributed by atoms with Crippen LogP contribution in [-0.2, 0) is 9.53 Å². The zero-order valence-electron chi connectivity index (χ0n) is 15.1. The van der Waals surface area contributed by atoms with Crippen LogP contribution >= 0.6 is 11.8 Å². The smallest absolute Gasteiger partial charge is 0.414 e. The van der Waals surface area contributed by atoms with Gasteiger partial charge in [-0.2, -0.15) is 0 Å². The quantitative estimate of drug-likeness (QED) is 0.803. The first-order valence-corrected chi connectivity index (χ1v) is 9.91. The molecule has 1 saturated heterocycles. The van der Waals surface area contributed by atoms with Crippen molar-refractivity contribution in [2.24, 2.45) is 0 Å². The lowest BCUT2D eigenvalue weighted by Crippen LogP contribution is -2.34. The highest BCUT2D eigenvalue weighted by Gasteiger charge is 2.33. The second-order valence-electron chi connectivity index (χ2n) is 6.22. The molecule has 1 atom stereocenters. The second-order valence-corrected chi connectivity index (χ2v) is 7.16. The van der Waals surface area contributed by atoms with Crippen molar-refractivity contribution < 1.29 is 18.7 Å². The van der Waals surface area contributed by atoms with Gasteiger partial charge >= 0.3 is 6.09 Å². The van der Waals surface area contributed by atoms with Gasteiger partial charge in [0.15, 0.2) is 0 Å². The predicted molar refractivity (Wildman–Crippen MR) is 105 cm³/mol. The summed E-state index contributed by atoms with van der Waals surface area (Å²) in [7, 11) is 0. The van der Waals surface area contributed by atoms with Gasteiger partial charge in [-0.3, -0.25) is 9.69 Å². The summed E-state index contributed by atoms with van der Waals surface area (Å²) in [5, 5.41) is 4.65. The molecule has 2 aliphatic rings.